The highest BCUT2D eigenvalue weighted by Gasteiger charge is 2.16. The maximum Gasteiger partial charge on any atom is 0.0441 e. The number of nitrogens with two attached hydrogens (primary N) is 1. The number of hydrogen-bond donors (Lipinski definition) is 2. The molecule has 0 radical (unpaired) electrons. The minimum absolute atomic E-state index is 0.170. The van der Waals surface area contributed by atoms with Crippen molar-refractivity contribution in [2.75, 3.05) is 18.4 Å². The van der Waals surface area contributed by atoms with Crippen molar-refractivity contribution in [1.29, 1.82) is 0 Å². The molecule has 0 aliphatic heterocycles. The summed E-state index contributed by atoms with van der Waals surface area (Å²) in [4.78, 5) is 0. The Kier molecular flexibility index (Phi) is 4.90. The van der Waals surface area contributed by atoms with Crippen LogP contribution >= 0.6 is 23.2 Å². The first-order valence-electron chi connectivity index (χ1n) is 5.33. The summed E-state index contributed by atoms with van der Waals surface area (Å²) >= 11 is 11.8. The molecule has 4 heteroatoms. The predicted molar refractivity (Wildman–Crippen MR) is 72.4 cm³/mol. The van der Waals surface area contributed by atoms with Crippen LogP contribution in [-0.4, -0.2) is 13.1 Å². The van der Waals surface area contributed by atoms with Crippen molar-refractivity contribution in [3.63, 3.8) is 0 Å². The highest BCUT2D eigenvalue weighted by atomic mass is 35.5. The van der Waals surface area contributed by atoms with Crippen LogP contribution in [0.1, 0.15) is 20.3 Å². The van der Waals surface area contributed by atoms with Crippen LogP contribution in [0.5, 0.6) is 0 Å². The first-order valence-corrected chi connectivity index (χ1v) is 6.08. The molecule has 0 fully saturated rings. The van der Waals surface area contributed by atoms with E-state index in [1.807, 2.05) is 12.1 Å². The Morgan fingerprint density at radius 1 is 1.19 bits per heavy atom. The van der Waals surface area contributed by atoms with Gasteiger partial charge in [0.2, 0.25) is 0 Å². The third-order valence-corrected chi connectivity index (χ3v) is 2.89. The molecule has 90 valence electrons. The molecule has 0 spiro atoms. The lowest BCUT2D eigenvalue weighted by Gasteiger charge is -2.24. The van der Waals surface area contributed by atoms with Gasteiger partial charge in [-0.25, -0.2) is 0 Å². The van der Waals surface area contributed by atoms with Gasteiger partial charge in [-0.2, -0.15) is 0 Å². The normalized spacial score (nSPS) is 11.6. The Morgan fingerprint density at radius 2 is 1.75 bits per heavy atom. The number of hydrogen-bond acceptors (Lipinski definition) is 2. The largest absolute Gasteiger partial charge is 0.384 e. The molecular formula is C12H18Cl2N2. The zero-order chi connectivity index (χ0) is 12.2. The summed E-state index contributed by atoms with van der Waals surface area (Å²) in [7, 11) is 0. The van der Waals surface area contributed by atoms with Gasteiger partial charge >= 0.3 is 0 Å². The minimum atomic E-state index is 0.170. The number of benzene rings is 1. The van der Waals surface area contributed by atoms with Crippen molar-refractivity contribution < 1.29 is 0 Å². The van der Waals surface area contributed by atoms with E-state index < -0.39 is 0 Å². The second-order valence-electron chi connectivity index (χ2n) is 4.71. The molecule has 3 N–H and O–H groups in total. The van der Waals surface area contributed by atoms with Crippen LogP contribution < -0.4 is 11.1 Å². The van der Waals surface area contributed by atoms with Gasteiger partial charge in [-0.1, -0.05) is 37.0 Å². The molecule has 0 unspecified atom stereocenters. The van der Waals surface area contributed by atoms with E-state index in [1.165, 1.54) is 0 Å². The first-order chi connectivity index (χ1) is 7.43. The second kappa shape index (κ2) is 5.76. The van der Waals surface area contributed by atoms with Gasteiger partial charge in [0.15, 0.2) is 0 Å². The molecule has 0 aromatic heterocycles. The Bertz CT molecular complexity index is 331. The molecule has 0 aliphatic rings. The fourth-order valence-electron chi connectivity index (χ4n) is 1.48. The van der Waals surface area contributed by atoms with Gasteiger partial charge in [0.25, 0.3) is 0 Å². The van der Waals surface area contributed by atoms with Gasteiger partial charge in [0.1, 0.15) is 0 Å². The van der Waals surface area contributed by atoms with Gasteiger partial charge in [-0.15, -0.1) is 0 Å². The molecule has 0 heterocycles. The monoisotopic (exact) mass is 260 g/mol. The molecule has 2 nitrogen and oxygen atoms in total. The topological polar surface area (TPSA) is 38.0 Å². The standard InChI is InChI=1S/C12H18Cl2N2/c1-12(2,3-4-15)8-16-11-6-9(13)5-10(14)7-11/h5-7,16H,3-4,8,15H2,1-2H3. The van der Waals surface area contributed by atoms with E-state index in [0.29, 0.717) is 16.6 Å². The zero-order valence-corrected chi connectivity index (χ0v) is 11.2. The first kappa shape index (κ1) is 13.6. The molecular weight excluding hydrogens is 243 g/mol. The second-order valence-corrected chi connectivity index (χ2v) is 5.59. The molecule has 0 amide bonds. The van der Waals surface area contributed by atoms with Crippen LogP contribution in [0.2, 0.25) is 10.0 Å². The Hall–Kier alpha value is -0.440. The summed E-state index contributed by atoms with van der Waals surface area (Å²) in [6, 6.07) is 5.46. The van der Waals surface area contributed by atoms with E-state index in [9.17, 15) is 0 Å². The van der Waals surface area contributed by atoms with Crippen LogP contribution in [0.3, 0.4) is 0 Å². The van der Waals surface area contributed by atoms with Crippen molar-refractivity contribution in [1.82, 2.24) is 0 Å². The van der Waals surface area contributed by atoms with E-state index >= 15 is 0 Å². The maximum atomic E-state index is 5.92. The van der Waals surface area contributed by atoms with Gasteiger partial charge in [-0.05, 0) is 36.6 Å². The molecule has 1 aromatic carbocycles. The van der Waals surface area contributed by atoms with Crippen LogP contribution in [0, 0.1) is 5.41 Å². The zero-order valence-electron chi connectivity index (χ0n) is 9.69. The summed E-state index contributed by atoms with van der Waals surface area (Å²) in [6.07, 6.45) is 0.980. The number of anilines is 1. The quantitative estimate of drug-likeness (QED) is 0.846. The van der Waals surface area contributed by atoms with Crippen molar-refractivity contribution >= 4 is 28.9 Å². The lowest BCUT2D eigenvalue weighted by atomic mass is 9.89. The molecule has 0 atom stereocenters. The van der Waals surface area contributed by atoms with Gasteiger partial charge in [-0.3, -0.25) is 0 Å². The van der Waals surface area contributed by atoms with Crippen molar-refractivity contribution in [3.05, 3.63) is 28.2 Å². The van der Waals surface area contributed by atoms with Crippen LogP contribution in [0.15, 0.2) is 18.2 Å². The van der Waals surface area contributed by atoms with E-state index in [-0.39, 0.29) is 5.41 Å². The molecule has 1 aromatic rings. The molecule has 0 saturated carbocycles. The fraction of sp³-hybridized carbons (Fsp3) is 0.500. The third-order valence-electron chi connectivity index (χ3n) is 2.45. The van der Waals surface area contributed by atoms with Gasteiger partial charge in [0.05, 0.1) is 0 Å². The summed E-state index contributed by atoms with van der Waals surface area (Å²) in [5.41, 5.74) is 6.68. The molecule has 0 bridgehead atoms. The Morgan fingerprint density at radius 3 is 2.25 bits per heavy atom. The highest BCUT2D eigenvalue weighted by molar-refractivity contribution is 6.35. The van der Waals surface area contributed by atoms with E-state index in [4.69, 9.17) is 28.9 Å². The highest BCUT2D eigenvalue weighted by Crippen LogP contribution is 2.25. The van der Waals surface area contributed by atoms with E-state index in [2.05, 4.69) is 19.2 Å². The smallest absolute Gasteiger partial charge is 0.0441 e. The molecule has 1 rings (SSSR count). The average Bonchev–Trinajstić information content (AvgIpc) is 2.13. The lowest BCUT2D eigenvalue weighted by molar-refractivity contribution is 0.365. The molecule has 0 saturated heterocycles. The Labute approximate surface area is 107 Å². The molecule has 0 aliphatic carbocycles. The van der Waals surface area contributed by atoms with E-state index in [1.54, 1.807) is 6.07 Å². The Balaban J connectivity index is 2.60. The summed E-state index contributed by atoms with van der Waals surface area (Å²) in [6.45, 7) is 5.91. The number of halogens is 2. The van der Waals surface area contributed by atoms with Crippen LogP contribution in [-0.2, 0) is 0 Å². The summed E-state index contributed by atoms with van der Waals surface area (Å²) in [5.74, 6) is 0. The van der Waals surface area contributed by atoms with Gasteiger partial charge < -0.3 is 11.1 Å². The van der Waals surface area contributed by atoms with Crippen molar-refractivity contribution in [2.24, 2.45) is 11.1 Å². The summed E-state index contributed by atoms with van der Waals surface area (Å²) < 4.78 is 0. The maximum absolute atomic E-state index is 5.92. The van der Waals surface area contributed by atoms with E-state index in [0.717, 1.165) is 18.7 Å². The average molecular weight is 261 g/mol. The lowest BCUT2D eigenvalue weighted by Crippen LogP contribution is -2.26. The minimum Gasteiger partial charge on any atom is -0.384 e. The van der Waals surface area contributed by atoms with Crippen LogP contribution in [0.4, 0.5) is 5.69 Å². The number of nitrogens with one attached hydrogen (secondary N) is 1. The summed E-state index contributed by atoms with van der Waals surface area (Å²) in [5, 5.41) is 4.62. The third kappa shape index (κ3) is 4.60. The van der Waals surface area contributed by atoms with Crippen molar-refractivity contribution in [3.8, 4) is 0 Å². The van der Waals surface area contributed by atoms with Gasteiger partial charge in [0, 0.05) is 22.3 Å². The predicted octanol–water partition coefficient (Wildman–Crippen LogP) is 3.78. The number of rotatable bonds is 5. The van der Waals surface area contributed by atoms with Crippen LogP contribution in [0.25, 0.3) is 0 Å². The SMILES string of the molecule is CC(C)(CCN)CNc1cc(Cl)cc(Cl)c1. The fourth-order valence-corrected chi connectivity index (χ4v) is 2.00. The molecule has 16 heavy (non-hydrogen) atoms. The van der Waals surface area contributed by atoms with Crippen molar-refractivity contribution in [2.45, 2.75) is 20.3 Å².